The monoisotopic (exact) mass is 568 g/mol. The van der Waals surface area contributed by atoms with Crippen LogP contribution < -0.4 is 0 Å². The predicted molar refractivity (Wildman–Crippen MR) is 155 cm³/mol. The molecule has 0 radical (unpaired) electrons. The quantitative estimate of drug-likeness (QED) is 0.299. The Morgan fingerprint density at radius 3 is 2.44 bits per heavy atom. The second-order valence-electron chi connectivity index (χ2n) is 11.9. The third kappa shape index (κ3) is 5.90. The first kappa shape index (κ1) is 29.6. The van der Waals surface area contributed by atoms with Gasteiger partial charge in [-0.25, -0.2) is 9.37 Å². The molecule has 0 bridgehead atoms. The van der Waals surface area contributed by atoms with Crippen LogP contribution in [0.15, 0.2) is 30.5 Å². The molecule has 2 aliphatic rings. The maximum Gasteiger partial charge on any atom is 0.254 e. The van der Waals surface area contributed by atoms with Crippen molar-refractivity contribution in [3.8, 4) is 11.1 Å². The molecule has 1 aromatic carbocycles. The minimum atomic E-state index is -0.602. The fourth-order valence-corrected chi connectivity index (χ4v) is 6.40. The van der Waals surface area contributed by atoms with Gasteiger partial charge in [-0.1, -0.05) is 19.9 Å². The highest BCUT2D eigenvalue weighted by molar-refractivity contribution is 6.03. The van der Waals surface area contributed by atoms with Crippen molar-refractivity contribution in [1.29, 1.82) is 0 Å². The van der Waals surface area contributed by atoms with Gasteiger partial charge in [0, 0.05) is 49.4 Å². The summed E-state index contributed by atoms with van der Waals surface area (Å²) < 4.78 is 42.9. The number of benzene rings is 1. The molecule has 222 valence electrons. The Kier molecular flexibility index (Phi) is 8.78. The summed E-state index contributed by atoms with van der Waals surface area (Å²) in [5, 5.41) is 0. The topological polar surface area (TPSA) is 59.3 Å². The number of amides is 1. The van der Waals surface area contributed by atoms with Gasteiger partial charge in [-0.2, -0.15) is 4.39 Å². The van der Waals surface area contributed by atoms with E-state index in [1.165, 1.54) is 12.1 Å². The smallest absolute Gasteiger partial charge is 0.254 e. The van der Waals surface area contributed by atoms with E-state index in [-0.39, 0.29) is 29.7 Å². The van der Waals surface area contributed by atoms with Gasteiger partial charge in [-0.05, 0) is 75.8 Å². The third-order valence-corrected chi connectivity index (χ3v) is 8.63. The highest BCUT2D eigenvalue weighted by Crippen LogP contribution is 2.38. The Balaban J connectivity index is 1.48. The average Bonchev–Trinajstić information content (AvgIpc) is 3.52. The standard InChI is InChI=1S/C32H42F2N4O3/c1-7-37(20(4)5)32(39)27-15-24(33)8-9-25(27)26-14-22(18-38-21(6)35-31(34)30(26)38)23-16-36(17-23)28(19(2)3)10-11-29-40-12-13-41-29/h8-9,14-15,18-20,23,28-29H,7,10-13,16-17H2,1-6H3/t28-/m1/s1. The zero-order valence-electron chi connectivity index (χ0n) is 25.0. The molecule has 4 heterocycles. The molecule has 5 rings (SSSR count). The maximum absolute atomic E-state index is 15.3. The van der Waals surface area contributed by atoms with Crippen molar-refractivity contribution in [3.63, 3.8) is 0 Å². The summed E-state index contributed by atoms with van der Waals surface area (Å²) >= 11 is 0. The molecule has 2 aromatic heterocycles. The molecule has 1 amide bonds. The lowest BCUT2D eigenvalue weighted by molar-refractivity contribution is -0.0564. The molecule has 3 aromatic rings. The summed E-state index contributed by atoms with van der Waals surface area (Å²) in [6.07, 6.45) is 3.73. The van der Waals surface area contributed by atoms with Crippen LogP contribution >= 0.6 is 0 Å². The lowest BCUT2D eigenvalue weighted by Crippen LogP contribution is -2.52. The highest BCUT2D eigenvalue weighted by Gasteiger charge is 2.36. The number of carbonyl (C=O) groups is 1. The second kappa shape index (κ2) is 12.2. The molecule has 0 N–H and O–H groups in total. The van der Waals surface area contributed by atoms with Crippen molar-refractivity contribution >= 4 is 11.4 Å². The minimum absolute atomic E-state index is 0.0643. The molecule has 0 aliphatic carbocycles. The fourth-order valence-electron chi connectivity index (χ4n) is 6.40. The first-order valence-corrected chi connectivity index (χ1v) is 14.8. The van der Waals surface area contributed by atoms with Crippen LogP contribution in [0.4, 0.5) is 8.78 Å². The molecule has 9 heteroatoms. The lowest BCUT2D eigenvalue weighted by atomic mass is 9.85. The molecule has 7 nitrogen and oxygen atoms in total. The first-order valence-electron chi connectivity index (χ1n) is 14.8. The van der Waals surface area contributed by atoms with Crippen LogP contribution in [-0.4, -0.2) is 76.3 Å². The fraction of sp³-hybridized carbons (Fsp3) is 0.562. The van der Waals surface area contributed by atoms with E-state index < -0.39 is 11.8 Å². The number of likely N-dealkylation sites (tertiary alicyclic amines) is 1. The molecule has 1 atom stereocenters. The van der Waals surface area contributed by atoms with Gasteiger partial charge in [-0.15, -0.1) is 0 Å². The summed E-state index contributed by atoms with van der Waals surface area (Å²) in [7, 11) is 0. The summed E-state index contributed by atoms with van der Waals surface area (Å²) in [5.41, 5.74) is 2.64. The molecule has 2 aliphatic heterocycles. The van der Waals surface area contributed by atoms with Gasteiger partial charge in [0.15, 0.2) is 6.29 Å². The van der Waals surface area contributed by atoms with E-state index in [0.717, 1.165) is 31.5 Å². The number of halogens is 2. The number of fused-ring (bicyclic) bond motifs is 1. The van der Waals surface area contributed by atoms with Gasteiger partial charge < -0.3 is 18.8 Å². The van der Waals surface area contributed by atoms with Crippen molar-refractivity contribution in [3.05, 3.63) is 59.2 Å². The molecule has 2 saturated heterocycles. The third-order valence-electron chi connectivity index (χ3n) is 8.63. The van der Waals surface area contributed by atoms with Crippen LogP contribution in [0.2, 0.25) is 0 Å². The van der Waals surface area contributed by atoms with Crippen LogP contribution in [0.3, 0.4) is 0 Å². The Hall–Kier alpha value is -2.88. The highest BCUT2D eigenvalue weighted by atomic mass is 19.1. The summed E-state index contributed by atoms with van der Waals surface area (Å²) in [6.45, 7) is 15.6. The molecular formula is C32H42F2N4O3. The van der Waals surface area contributed by atoms with Crippen molar-refractivity contribution in [2.75, 3.05) is 32.8 Å². The van der Waals surface area contributed by atoms with Crippen LogP contribution in [0, 0.1) is 24.6 Å². The van der Waals surface area contributed by atoms with E-state index in [9.17, 15) is 9.18 Å². The van der Waals surface area contributed by atoms with E-state index in [0.29, 0.717) is 54.2 Å². The van der Waals surface area contributed by atoms with E-state index in [1.54, 1.807) is 22.3 Å². The Bertz CT molecular complexity index is 1390. The molecule has 0 unspecified atom stereocenters. The summed E-state index contributed by atoms with van der Waals surface area (Å²) in [5.74, 6) is -0.129. The van der Waals surface area contributed by atoms with Gasteiger partial charge in [0.25, 0.3) is 5.91 Å². The number of aryl methyl sites for hydroxylation is 1. The van der Waals surface area contributed by atoms with E-state index in [2.05, 4.69) is 23.7 Å². The molecule has 0 spiro atoms. The number of imidazole rings is 1. The number of hydrogen-bond donors (Lipinski definition) is 0. The molecule has 0 saturated carbocycles. The second-order valence-corrected chi connectivity index (χ2v) is 11.9. The van der Waals surface area contributed by atoms with Crippen molar-refractivity contribution in [1.82, 2.24) is 19.2 Å². The number of rotatable bonds is 10. The van der Waals surface area contributed by atoms with Crippen molar-refractivity contribution in [2.24, 2.45) is 5.92 Å². The zero-order valence-corrected chi connectivity index (χ0v) is 25.0. The lowest BCUT2D eigenvalue weighted by Gasteiger charge is -2.46. The van der Waals surface area contributed by atoms with Gasteiger partial charge in [0.05, 0.1) is 18.8 Å². The normalized spacial score (nSPS) is 17.6. The van der Waals surface area contributed by atoms with E-state index in [4.69, 9.17) is 9.47 Å². The SMILES string of the molecule is CCN(C(=O)c1cc(F)ccc1-c1cc(C2CN([C@H](CCC3OCCO3)C(C)C)C2)cn2c(C)nc(F)c12)C(C)C. The number of carbonyl (C=O) groups excluding carboxylic acids is 1. The number of pyridine rings is 1. The van der Waals surface area contributed by atoms with Gasteiger partial charge >= 0.3 is 0 Å². The zero-order chi connectivity index (χ0) is 29.4. The Morgan fingerprint density at radius 2 is 1.80 bits per heavy atom. The van der Waals surface area contributed by atoms with Crippen LogP contribution in [0.1, 0.15) is 75.1 Å². The van der Waals surface area contributed by atoms with Crippen LogP contribution in [-0.2, 0) is 9.47 Å². The Morgan fingerprint density at radius 1 is 1.10 bits per heavy atom. The van der Waals surface area contributed by atoms with E-state index >= 15 is 4.39 Å². The number of aromatic nitrogens is 2. The largest absolute Gasteiger partial charge is 0.350 e. The Labute approximate surface area is 241 Å². The predicted octanol–water partition coefficient (Wildman–Crippen LogP) is 6.04. The summed E-state index contributed by atoms with van der Waals surface area (Å²) in [4.78, 5) is 21.9. The van der Waals surface area contributed by atoms with Gasteiger partial charge in [-0.3, -0.25) is 9.69 Å². The van der Waals surface area contributed by atoms with Crippen LogP contribution in [0.25, 0.3) is 16.6 Å². The summed E-state index contributed by atoms with van der Waals surface area (Å²) in [6, 6.07) is 6.51. The number of nitrogens with zero attached hydrogens (tertiary/aromatic N) is 4. The molecule has 41 heavy (non-hydrogen) atoms. The van der Waals surface area contributed by atoms with E-state index in [1.807, 2.05) is 33.0 Å². The maximum atomic E-state index is 15.3. The number of hydrogen-bond acceptors (Lipinski definition) is 5. The molecule has 2 fully saturated rings. The van der Waals surface area contributed by atoms with Gasteiger partial charge in [0.1, 0.15) is 17.2 Å². The van der Waals surface area contributed by atoms with Crippen LogP contribution in [0.5, 0.6) is 0 Å². The van der Waals surface area contributed by atoms with Gasteiger partial charge in [0.2, 0.25) is 5.95 Å². The minimum Gasteiger partial charge on any atom is -0.350 e. The van der Waals surface area contributed by atoms with Crippen molar-refractivity contribution < 1.29 is 23.0 Å². The average molecular weight is 569 g/mol. The number of ether oxygens (including phenoxy) is 2. The molecular weight excluding hydrogens is 526 g/mol. The first-order chi connectivity index (χ1) is 19.6. The van der Waals surface area contributed by atoms with Crippen molar-refractivity contribution in [2.45, 2.75) is 78.7 Å².